The van der Waals surface area contributed by atoms with E-state index in [4.69, 9.17) is 14.0 Å². The molecule has 0 atom stereocenters. The summed E-state index contributed by atoms with van der Waals surface area (Å²) in [5.74, 6) is -0.512. The number of ether oxygens (including phenoxy) is 1. The molecule has 7 heteroatoms. The molecular formula is C22H25BFNO4. The van der Waals surface area contributed by atoms with Crippen LogP contribution >= 0.6 is 0 Å². The minimum atomic E-state index is -0.678. The van der Waals surface area contributed by atoms with Crippen molar-refractivity contribution in [3.63, 3.8) is 0 Å². The Labute approximate surface area is 170 Å². The summed E-state index contributed by atoms with van der Waals surface area (Å²) < 4.78 is 30.6. The number of rotatable bonds is 5. The fourth-order valence-corrected chi connectivity index (χ4v) is 3.60. The number of ketones is 1. The predicted molar refractivity (Wildman–Crippen MR) is 108 cm³/mol. The van der Waals surface area contributed by atoms with Crippen molar-refractivity contribution in [2.24, 2.45) is 0 Å². The first kappa shape index (κ1) is 20.2. The summed E-state index contributed by atoms with van der Waals surface area (Å²) in [6.07, 6.45) is 1.59. The number of nitrogens with zero attached hydrogens (tertiary/aromatic N) is 1. The molecule has 2 aliphatic heterocycles. The van der Waals surface area contributed by atoms with E-state index in [1.54, 1.807) is 6.07 Å². The standard InChI is InChI=1S/C22H25BFNO4/c1-20(2)21(3,4)29-23(28-20)17-8-6-16(7-9-17)22(13-27-14-22)18(26)11-15-5-10-19(24)25-12-15/h5-10,12H,11,13-14H2,1-4H3. The lowest BCUT2D eigenvalue weighted by molar-refractivity contribution is -0.142. The fourth-order valence-electron chi connectivity index (χ4n) is 3.60. The number of carbonyl (C=O) groups is 1. The summed E-state index contributed by atoms with van der Waals surface area (Å²) in [5, 5.41) is 0. The number of aromatic nitrogens is 1. The minimum Gasteiger partial charge on any atom is -0.399 e. The van der Waals surface area contributed by atoms with Crippen molar-refractivity contribution in [3.05, 3.63) is 59.7 Å². The van der Waals surface area contributed by atoms with Crippen molar-refractivity contribution in [3.8, 4) is 0 Å². The maximum absolute atomic E-state index is 13.1. The quantitative estimate of drug-likeness (QED) is 0.574. The van der Waals surface area contributed by atoms with E-state index in [1.165, 1.54) is 12.3 Å². The molecule has 0 spiro atoms. The van der Waals surface area contributed by atoms with Gasteiger partial charge in [0.25, 0.3) is 0 Å². The summed E-state index contributed by atoms with van der Waals surface area (Å²) in [7, 11) is -0.441. The number of benzene rings is 1. The van der Waals surface area contributed by atoms with Crippen LogP contribution in [0, 0.1) is 5.95 Å². The topological polar surface area (TPSA) is 57.7 Å². The van der Waals surface area contributed by atoms with Gasteiger partial charge in [-0.15, -0.1) is 0 Å². The maximum Gasteiger partial charge on any atom is 0.494 e. The third-order valence-corrected chi connectivity index (χ3v) is 6.37. The number of hydrogen-bond donors (Lipinski definition) is 0. The van der Waals surface area contributed by atoms with Crippen LogP contribution < -0.4 is 5.46 Å². The van der Waals surface area contributed by atoms with Crippen LogP contribution in [0.5, 0.6) is 0 Å². The van der Waals surface area contributed by atoms with Gasteiger partial charge in [0.2, 0.25) is 5.95 Å². The number of pyridine rings is 1. The van der Waals surface area contributed by atoms with Gasteiger partial charge in [0.05, 0.1) is 24.4 Å². The first-order valence-electron chi connectivity index (χ1n) is 9.81. The normalized spacial score (nSPS) is 21.6. The van der Waals surface area contributed by atoms with Gasteiger partial charge in [-0.05, 0) is 50.4 Å². The van der Waals surface area contributed by atoms with E-state index in [1.807, 2.05) is 52.0 Å². The summed E-state index contributed by atoms with van der Waals surface area (Å²) in [6.45, 7) is 8.76. The van der Waals surface area contributed by atoms with Gasteiger partial charge in [0.1, 0.15) is 5.41 Å². The fraction of sp³-hybridized carbons (Fsp3) is 0.455. The second-order valence-electron chi connectivity index (χ2n) is 8.87. The molecule has 2 saturated heterocycles. The molecule has 1 aromatic carbocycles. The Hall–Kier alpha value is -2.09. The van der Waals surface area contributed by atoms with E-state index < -0.39 is 29.7 Å². The molecule has 0 saturated carbocycles. The van der Waals surface area contributed by atoms with Crippen LogP contribution in [0.4, 0.5) is 4.39 Å². The summed E-state index contributed by atoms with van der Waals surface area (Å²) in [4.78, 5) is 16.7. The van der Waals surface area contributed by atoms with Crippen molar-refractivity contribution in [2.75, 3.05) is 13.2 Å². The van der Waals surface area contributed by atoms with Crippen molar-refractivity contribution >= 4 is 18.4 Å². The van der Waals surface area contributed by atoms with Gasteiger partial charge < -0.3 is 14.0 Å². The van der Waals surface area contributed by atoms with Gasteiger partial charge >= 0.3 is 7.12 Å². The average molecular weight is 397 g/mol. The largest absolute Gasteiger partial charge is 0.494 e. The molecule has 0 unspecified atom stereocenters. The highest BCUT2D eigenvalue weighted by Crippen LogP contribution is 2.37. The number of hydrogen-bond acceptors (Lipinski definition) is 5. The van der Waals surface area contributed by atoms with E-state index >= 15 is 0 Å². The van der Waals surface area contributed by atoms with Crippen LogP contribution in [0.3, 0.4) is 0 Å². The number of Topliss-reactive ketones (excluding diaryl/α,β-unsaturated/α-hetero) is 1. The van der Waals surface area contributed by atoms with Gasteiger partial charge in [0.15, 0.2) is 5.78 Å². The Balaban J connectivity index is 1.52. The molecular weight excluding hydrogens is 372 g/mol. The molecule has 3 heterocycles. The van der Waals surface area contributed by atoms with Gasteiger partial charge in [0, 0.05) is 12.6 Å². The summed E-state index contributed by atoms with van der Waals surface area (Å²) in [5.41, 5.74) is 1.03. The number of halogens is 1. The molecule has 0 radical (unpaired) electrons. The minimum absolute atomic E-state index is 0.0422. The summed E-state index contributed by atoms with van der Waals surface area (Å²) >= 11 is 0. The smallest absolute Gasteiger partial charge is 0.399 e. The molecule has 0 N–H and O–H groups in total. The lowest BCUT2D eigenvalue weighted by Gasteiger charge is -2.40. The lowest BCUT2D eigenvalue weighted by Crippen LogP contribution is -2.53. The Kier molecular flexibility index (Phi) is 4.88. The zero-order valence-electron chi connectivity index (χ0n) is 17.2. The van der Waals surface area contributed by atoms with Crippen LogP contribution in [0.1, 0.15) is 38.8 Å². The molecule has 0 bridgehead atoms. The Morgan fingerprint density at radius 3 is 2.14 bits per heavy atom. The van der Waals surface area contributed by atoms with Crippen molar-refractivity contribution in [1.29, 1.82) is 0 Å². The molecule has 5 nitrogen and oxygen atoms in total. The second kappa shape index (κ2) is 7.01. The third kappa shape index (κ3) is 3.52. The van der Waals surface area contributed by atoms with E-state index in [-0.39, 0.29) is 12.2 Å². The first-order chi connectivity index (χ1) is 13.6. The van der Waals surface area contributed by atoms with E-state index in [0.717, 1.165) is 11.0 Å². The zero-order valence-corrected chi connectivity index (χ0v) is 17.2. The molecule has 0 aliphatic carbocycles. The Morgan fingerprint density at radius 1 is 1.03 bits per heavy atom. The van der Waals surface area contributed by atoms with Crippen LogP contribution in [0.2, 0.25) is 0 Å². The predicted octanol–water partition coefficient (Wildman–Crippen LogP) is 2.60. The molecule has 29 heavy (non-hydrogen) atoms. The highest BCUT2D eigenvalue weighted by Gasteiger charge is 2.52. The van der Waals surface area contributed by atoms with E-state index in [0.29, 0.717) is 18.8 Å². The number of carbonyl (C=O) groups excluding carboxylic acids is 1. The monoisotopic (exact) mass is 397 g/mol. The first-order valence-corrected chi connectivity index (χ1v) is 9.81. The van der Waals surface area contributed by atoms with Crippen LogP contribution in [0.25, 0.3) is 0 Å². The molecule has 0 amide bonds. The maximum atomic E-state index is 13.1. The van der Waals surface area contributed by atoms with Gasteiger partial charge in [-0.3, -0.25) is 4.79 Å². The van der Waals surface area contributed by atoms with Crippen molar-refractivity contribution in [1.82, 2.24) is 4.98 Å². The zero-order chi connectivity index (χ0) is 20.9. The lowest BCUT2D eigenvalue weighted by atomic mass is 9.71. The molecule has 2 aliphatic rings. The van der Waals surface area contributed by atoms with E-state index in [2.05, 4.69) is 4.98 Å². The SMILES string of the molecule is CC1(C)OB(c2ccc(C3(C(=O)Cc4ccc(F)nc4)COC3)cc2)OC1(C)C. The Morgan fingerprint density at radius 2 is 1.66 bits per heavy atom. The summed E-state index contributed by atoms with van der Waals surface area (Å²) in [6, 6.07) is 10.7. The Bertz CT molecular complexity index is 891. The highest BCUT2D eigenvalue weighted by molar-refractivity contribution is 6.62. The molecule has 2 aromatic rings. The average Bonchev–Trinajstić information content (AvgIpc) is 2.84. The highest BCUT2D eigenvalue weighted by atomic mass is 19.1. The van der Waals surface area contributed by atoms with Crippen LogP contribution in [0.15, 0.2) is 42.6 Å². The molecule has 152 valence electrons. The molecule has 2 fully saturated rings. The van der Waals surface area contributed by atoms with Crippen molar-refractivity contribution in [2.45, 2.75) is 50.7 Å². The molecule has 4 rings (SSSR count). The van der Waals surface area contributed by atoms with Gasteiger partial charge in [-0.25, -0.2) is 4.98 Å². The van der Waals surface area contributed by atoms with Gasteiger partial charge in [-0.2, -0.15) is 4.39 Å². The van der Waals surface area contributed by atoms with Crippen LogP contribution in [-0.4, -0.2) is 42.3 Å². The van der Waals surface area contributed by atoms with E-state index in [9.17, 15) is 9.18 Å². The van der Waals surface area contributed by atoms with Gasteiger partial charge in [-0.1, -0.05) is 30.3 Å². The van der Waals surface area contributed by atoms with Crippen LogP contribution in [-0.2, 0) is 30.7 Å². The van der Waals surface area contributed by atoms with Crippen molar-refractivity contribution < 1.29 is 23.2 Å². The third-order valence-electron chi connectivity index (χ3n) is 6.37. The second-order valence-corrected chi connectivity index (χ2v) is 8.87. The molecule has 1 aromatic heterocycles.